The molecule has 24 heavy (non-hydrogen) atoms. The van der Waals surface area contributed by atoms with Crippen molar-refractivity contribution in [2.45, 2.75) is 33.1 Å². The highest BCUT2D eigenvalue weighted by Crippen LogP contribution is 2.25. The van der Waals surface area contributed by atoms with Crippen LogP contribution in [0.2, 0.25) is 0 Å². The Kier molecular flexibility index (Phi) is 5.41. The molecule has 4 nitrogen and oxygen atoms in total. The van der Waals surface area contributed by atoms with Crippen molar-refractivity contribution in [2.75, 3.05) is 25.0 Å². The summed E-state index contributed by atoms with van der Waals surface area (Å²) in [5.41, 5.74) is 2.47. The standard InChI is InChI=1S/C19H25FN4/c1-3-15-13(2)23-19(16-8-4-5-9-17(16)20)24-18(15)22-12-14-7-6-10-21-11-14/h4-5,8-9,14,21H,3,6-7,10-12H2,1-2H3,(H,22,23,24). The molecule has 1 aromatic carbocycles. The van der Waals surface area contributed by atoms with Crippen LogP contribution < -0.4 is 10.6 Å². The molecule has 2 aromatic rings. The molecule has 0 spiro atoms. The maximum Gasteiger partial charge on any atom is 0.164 e. The van der Waals surface area contributed by atoms with E-state index in [0.717, 1.165) is 43.1 Å². The van der Waals surface area contributed by atoms with Crippen LogP contribution in [0, 0.1) is 18.7 Å². The molecule has 0 amide bonds. The van der Waals surface area contributed by atoms with E-state index in [1.54, 1.807) is 12.1 Å². The molecule has 128 valence electrons. The largest absolute Gasteiger partial charge is 0.369 e. The monoisotopic (exact) mass is 328 g/mol. The highest BCUT2D eigenvalue weighted by atomic mass is 19.1. The maximum atomic E-state index is 14.1. The Morgan fingerprint density at radius 1 is 1.29 bits per heavy atom. The molecule has 0 radical (unpaired) electrons. The van der Waals surface area contributed by atoms with Crippen molar-refractivity contribution < 1.29 is 4.39 Å². The van der Waals surface area contributed by atoms with Gasteiger partial charge in [-0.3, -0.25) is 0 Å². The second-order valence-corrected chi connectivity index (χ2v) is 6.39. The lowest BCUT2D eigenvalue weighted by Gasteiger charge is -2.24. The first-order chi connectivity index (χ1) is 11.7. The van der Waals surface area contributed by atoms with E-state index in [9.17, 15) is 4.39 Å². The number of hydrogen-bond acceptors (Lipinski definition) is 4. The number of hydrogen-bond donors (Lipinski definition) is 2. The highest BCUT2D eigenvalue weighted by Gasteiger charge is 2.17. The smallest absolute Gasteiger partial charge is 0.164 e. The van der Waals surface area contributed by atoms with E-state index in [4.69, 9.17) is 0 Å². The van der Waals surface area contributed by atoms with Gasteiger partial charge in [-0.2, -0.15) is 0 Å². The summed E-state index contributed by atoms with van der Waals surface area (Å²) in [7, 11) is 0. The fourth-order valence-electron chi connectivity index (χ4n) is 3.27. The zero-order chi connectivity index (χ0) is 16.9. The van der Waals surface area contributed by atoms with Gasteiger partial charge >= 0.3 is 0 Å². The Balaban J connectivity index is 1.87. The summed E-state index contributed by atoms with van der Waals surface area (Å²) in [5.74, 6) is 1.61. The summed E-state index contributed by atoms with van der Waals surface area (Å²) in [6.07, 6.45) is 3.30. The molecule has 3 rings (SSSR count). The molecule has 1 fully saturated rings. The van der Waals surface area contributed by atoms with Gasteiger partial charge in [0.15, 0.2) is 5.82 Å². The van der Waals surface area contributed by atoms with Gasteiger partial charge in [0.25, 0.3) is 0 Å². The molecular weight excluding hydrogens is 303 g/mol. The van der Waals surface area contributed by atoms with E-state index >= 15 is 0 Å². The van der Waals surface area contributed by atoms with Crippen molar-refractivity contribution in [3.63, 3.8) is 0 Å². The Bertz CT molecular complexity index is 696. The molecule has 0 bridgehead atoms. The van der Waals surface area contributed by atoms with Crippen LogP contribution in [-0.2, 0) is 6.42 Å². The van der Waals surface area contributed by atoms with E-state index in [2.05, 4.69) is 27.5 Å². The van der Waals surface area contributed by atoms with E-state index < -0.39 is 0 Å². The quantitative estimate of drug-likeness (QED) is 0.881. The number of benzene rings is 1. The van der Waals surface area contributed by atoms with Gasteiger partial charge in [-0.1, -0.05) is 19.1 Å². The Hall–Kier alpha value is -2.01. The number of aromatic nitrogens is 2. The Morgan fingerprint density at radius 2 is 2.12 bits per heavy atom. The molecule has 1 aliphatic rings. The topological polar surface area (TPSA) is 49.8 Å². The molecule has 1 aromatic heterocycles. The first-order valence-corrected chi connectivity index (χ1v) is 8.76. The third-order valence-electron chi connectivity index (χ3n) is 4.64. The summed E-state index contributed by atoms with van der Waals surface area (Å²) in [6.45, 7) is 7.10. The van der Waals surface area contributed by atoms with E-state index in [1.165, 1.54) is 18.9 Å². The van der Waals surface area contributed by atoms with E-state index in [-0.39, 0.29) is 5.82 Å². The van der Waals surface area contributed by atoms with Crippen molar-refractivity contribution in [2.24, 2.45) is 5.92 Å². The van der Waals surface area contributed by atoms with Gasteiger partial charge in [0.2, 0.25) is 0 Å². The fourth-order valence-corrected chi connectivity index (χ4v) is 3.27. The Labute approximate surface area is 142 Å². The number of halogens is 1. The van der Waals surface area contributed by atoms with E-state index in [1.807, 2.05) is 13.0 Å². The normalized spacial score (nSPS) is 17.7. The van der Waals surface area contributed by atoms with Gasteiger partial charge in [0.1, 0.15) is 11.6 Å². The second kappa shape index (κ2) is 7.71. The minimum absolute atomic E-state index is 0.288. The van der Waals surface area contributed by atoms with Gasteiger partial charge in [0, 0.05) is 17.8 Å². The van der Waals surface area contributed by atoms with Gasteiger partial charge < -0.3 is 10.6 Å². The van der Waals surface area contributed by atoms with E-state index in [0.29, 0.717) is 17.3 Å². The average Bonchev–Trinajstić information content (AvgIpc) is 2.61. The molecule has 1 saturated heterocycles. The van der Waals surface area contributed by atoms with Crippen LogP contribution in [0.1, 0.15) is 31.0 Å². The Morgan fingerprint density at radius 3 is 2.83 bits per heavy atom. The van der Waals surface area contributed by atoms with Crippen LogP contribution in [0.3, 0.4) is 0 Å². The molecule has 0 aliphatic carbocycles. The summed E-state index contributed by atoms with van der Waals surface area (Å²) >= 11 is 0. The number of aryl methyl sites for hydroxylation is 1. The molecule has 2 N–H and O–H groups in total. The first-order valence-electron chi connectivity index (χ1n) is 8.76. The van der Waals surface area contributed by atoms with Crippen LogP contribution in [0.5, 0.6) is 0 Å². The van der Waals surface area contributed by atoms with Crippen molar-refractivity contribution in [3.8, 4) is 11.4 Å². The average molecular weight is 328 g/mol. The molecule has 1 atom stereocenters. The molecule has 2 heterocycles. The number of piperidine rings is 1. The number of anilines is 1. The molecule has 1 unspecified atom stereocenters. The lowest BCUT2D eigenvalue weighted by molar-refractivity contribution is 0.392. The zero-order valence-electron chi connectivity index (χ0n) is 14.4. The van der Waals surface area contributed by atoms with Crippen molar-refractivity contribution in [1.29, 1.82) is 0 Å². The maximum absolute atomic E-state index is 14.1. The van der Waals surface area contributed by atoms with Crippen LogP contribution in [0.25, 0.3) is 11.4 Å². The summed E-state index contributed by atoms with van der Waals surface area (Å²) in [4.78, 5) is 9.16. The zero-order valence-corrected chi connectivity index (χ0v) is 14.4. The van der Waals surface area contributed by atoms with Gasteiger partial charge in [0.05, 0.1) is 5.56 Å². The molecule has 5 heteroatoms. The van der Waals surface area contributed by atoms with Crippen LogP contribution in [-0.4, -0.2) is 29.6 Å². The fraction of sp³-hybridized carbons (Fsp3) is 0.474. The number of nitrogens with one attached hydrogen (secondary N) is 2. The van der Waals surface area contributed by atoms with Gasteiger partial charge in [-0.25, -0.2) is 14.4 Å². The minimum Gasteiger partial charge on any atom is -0.369 e. The number of nitrogens with zero attached hydrogens (tertiary/aromatic N) is 2. The lowest BCUT2D eigenvalue weighted by Crippen LogP contribution is -2.33. The summed E-state index contributed by atoms with van der Waals surface area (Å²) < 4.78 is 14.1. The first kappa shape index (κ1) is 16.8. The summed E-state index contributed by atoms with van der Waals surface area (Å²) in [6, 6.07) is 6.67. The molecule has 1 aliphatic heterocycles. The molecule has 0 saturated carbocycles. The minimum atomic E-state index is -0.288. The van der Waals surface area contributed by atoms with Crippen LogP contribution >= 0.6 is 0 Å². The van der Waals surface area contributed by atoms with Crippen LogP contribution in [0.4, 0.5) is 10.2 Å². The third kappa shape index (κ3) is 3.73. The van der Waals surface area contributed by atoms with Gasteiger partial charge in [-0.05, 0) is 57.3 Å². The predicted molar refractivity (Wildman–Crippen MR) is 95.6 cm³/mol. The predicted octanol–water partition coefficient (Wildman–Crippen LogP) is 3.57. The second-order valence-electron chi connectivity index (χ2n) is 6.39. The molecular formula is C19H25FN4. The van der Waals surface area contributed by atoms with Crippen LogP contribution in [0.15, 0.2) is 24.3 Å². The van der Waals surface area contributed by atoms with Crippen molar-refractivity contribution in [3.05, 3.63) is 41.3 Å². The third-order valence-corrected chi connectivity index (χ3v) is 4.64. The number of rotatable bonds is 5. The van der Waals surface area contributed by atoms with Gasteiger partial charge in [-0.15, -0.1) is 0 Å². The SMILES string of the molecule is CCc1c(C)nc(-c2ccccc2F)nc1NCC1CCCNC1. The van der Waals surface area contributed by atoms with Crippen molar-refractivity contribution in [1.82, 2.24) is 15.3 Å². The highest BCUT2D eigenvalue weighted by molar-refractivity contribution is 5.60. The summed E-state index contributed by atoms with van der Waals surface area (Å²) in [5, 5.41) is 6.92. The van der Waals surface area contributed by atoms with Crippen molar-refractivity contribution >= 4 is 5.82 Å². The lowest BCUT2D eigenvalue weighted by atomic mass is 9.99.